The van der Waals surface area contributed by atoms with Crippen LogP contribution >= 0.6 is 11.6 Å². The Morgan fingerprint density at radius 2 is 2.12 bits per heavy atom. The highest BCUT2D eigenvalue weighted by Crippen LogP contribution is 2.23. The van der Waals surface area contributed by atoms with Gasteiger partial charge in [-0.2, -0.15) is 18.4 Å². The highest BCUT2D eigenvalue weighted by molar-refractivity contribution is 6.30. The lowest BCUT2D eigenvalue weighted by Crippen LogP contribution is -2.35. The smallest absolute Gasteiger partial charge is 0.382 e. The summed E-state index contributed by atoms with van der Waals surface area (Å²) in [4.78, 5) is 0. The Hall–Kier alpha value is -1.45. The molecule has 0 aromatic heterocycles. The SMILES string of the molecule is N#Cc1ccc(Cl)cc1NCC(O)C(F)(F)F. The van der Waals surface area contributed by atoms with E-state index in [4.69, 9.17) is 22.0 Å². The first-order valence-electron chi connectivity index (χ1n) is 4.53. The number of alkyl halides is 3. The molecule has 0 saturated heterocycles. The third-order valence-corrected chi connectivity index (χ3v) is 2.20. The average Bonchev–Trinajstić information content (AvgIpc) is 2.24. The standard InChI is InChI=1S/C10H8ClF3N2O/c11-7-2-1-6(4-15)8(3-7)16-5-9(17)10(12,13)14/h1-3,9,16-17H,5H2. The van der Waals surface area contributed by atoms with Crippen molar-refractivity contribution in [3.8, 4) is 6.07 Å². The van der Waals surface area contributed by atoms with Crippen molar-refractivity contribution >= 4 is 17.3 Å². The van der Waals surface area contributed by atoms with E-state index in [2.05, 4.69) is 5.32 Å². The molecule has 1 aromatic carbocycles. The van der Waals surface area contributed by atoms with Crippen molar-refractivity contribution in [2.24, 2.45) is 0 Å². The molecular weight excluding hydrogens is 257 g/mol. The van der Waals surface area contributed by atoms with Gasteiger partial charge in [0.25, 0.3) is 0 Å². The van der Waals surface area contributed by atoms with Crippen LogP contribution in [0.15, 0.2) is 18.2 Å². The monoisotopic (exact) mass is 264 g/mol. The number of hydrogen-bond acceptors (Lipinski definition) is 3. The van der Waals surface area contributed by atoms with Gasteiger partial charge in [-0.15, -0.1) is 0 Å². The summed E-state index contributed by atoms with van der Waals surface area (Å²) in [6, 6.07) is 5.95. The van der Waals surface area contributed by atoms with Gasteiger partial charge in [-0.25, -0.2) is 0 Å². The van der Waals surface area contributed by atoms with Gasteiger partial charge >= 0.3 is 6.18 Å². The van der Waals surface area contributed by atoms with Crippen LogP contribution in [-0.4, -0.2) is 23.9 Å². The molecule has 17 heavy (non-hydrogen) atoms. The maximum absolute atomic E-state index is 12.0. The van der Waals surface area contributed by atoms with Crippen LogP contribution in [0.4, 0.5) is 18.9 Å². The van der Waals surface area contributed by atoms with Gasteiger partial charge in [-0.1, -0.05) is 11.6 Å². The van der Waals surface area contributed by atoms with Crippen LogP contribution in [0.25, 0.3) is 0 Å². The van der Waals surface area contributed by atoms with Gasteiger partial charge in [-0.3, -0.25) is 0 Å². The predicted octanol–water partition coefficient (Wildman–Crippen LogP) is 2.55. The summed E-state index contributed by atoms with van der Waals surface area (Å²) in [6.45, 7) is -0.738. The molecule has 1 unspecified atom stereocenters. The highest BCUT2D eigenvalue weighted by Gasteiger charge is 2.37. The Morgan fingerprint density at radius 3 is 2.65 bits per heavy atom. The topological polar surface area (TPSA) is 56.0 Å². The summed E-state index contributed by atoms with van der Waals surface area (Å²) >= 11 is 5.64. The minimum Gasteiger partial charge on any atom is -0.382 e. The Bertz CT molecular complexity index is 442. The Labute approximate surface area is 100 Å². The molecule has 0 aliphatic rings. The summed E-state index contributed by atoms with van der Waals surface area (Å²) < 4.78 is 36.1. The fourth-order valence-electron chi connectivity index (χ4n) is 1.08. The van der Waals surface area contributed by atoms with Gasteiger partial charge < -0.3 is 10.4 Å². The number of nitrogens with zero attached hydrogens (tertiary/aromatic N) is 1. The van der Waals surface area contributed by atoms with Gasteiger partial charge in [-0.05, 0) is 18.2 Å². The summed E-state index contributed by atoms with van der Waals surface area (Å²) in [6.07, 6.45) is -7.19. The molecule has 2 N–H and O–H groups in total. The van der Waals surface area contributed by atoms with E-state index in [0.717, 1.165) is 0 Å². The van der Waals surface area contributed by atoms with Crippen LogP contribution in [-0.2, 0) is 0 Å². The van der Waals surface area contributed by atoms with Crippen molar-refractivity contribution in [3.05, 3.63) is 28.8 Å². The van der Waals surface area contributed by atoms with Crippen LogP contribution < -0.4 is 5.32 Å². The summed E-state index contributed by atoms with van der Waals surface area (Å²) in [5.74, 6) is 0. The molecule has 1 atom stereocenters. The lowest BCUT2D eigenvalue weighted by molar-refractivity contribution is -0.198. The second-order valence-electron chi connectivity index (χ2n) is 3.24. The maximum Gasteiger partial charge on any atom is 0.416 e. The number of hydrogen-bond donors (Lipinski definition) is 2. The van der Waals surface area contributed by atoms with Crippen molar-refractivity contribution in [1.29, 1.82) is 5.26 Å². The highest BCUT2D eigenvalue weighted by atomic mass is 35.5. The fourth-order valence-corrected chi connectivity index (χ4v) is 1.25. The zero-order valence-electron chi connectivity index (χ0n) is 8.42. The van der Waals surface area contributed by atoms with Crippen LogP contribution in [0.5, 0.6) is 0 Å². The molecule has 0 aliphatic heterocycles. The van der Waals surface area contributed by atoms with Crippen molar-refractivity contribution in [2.45, 2.75) is 12.3 Å². The van der Waals surface area contributed by atoms with Gasteiger partial charge in [0.15, 0.2) is 6.10 Å². The molecule has 7 heteroatoms. The van der Waals surface area contributed by atoms with Crippen molar-refractivity contribution in [3.63, 3.8) is 0 Å². The van der Waals surface area contributed by atoms with E-state index >= 15 is 0 Å². The molecular formula is C10H8ClF3N2O. The van der Waals surface area contributed by atoms with Crippen LogP contribution in [0.2, 0.25) is 5.02 Å². The largest absolute Gasteiger partial charge is 0.416 e. The van der Waals surface area contributed by atoms with Crippen LogP contribution in [0.1, 0.15) is 5.56 Å². The minimum atomic E-state index is -4.70. The number of aliphatic hydroxyl groups is 1. The quantitative estimate of drug-likeness (QED) is 0.882. The van der Waals surface area contributed by atoms with Crippen LogP contribution in [0, 0.1) is 11.3 Å². The molecule has 3 nitrogen and oxygen atoms in total. The zero-order chi connectivity index (χ0) is 13.1. The molecule has 1 aromatic rings. The summed E-state index contributed by atoms with van der Waals surface area (Å²) in [7, 11) is 0. The van der Waals surface area contributed by atoms with Crippen molar-refractivity contribution in [2.75, 3.05) is 11.9 Å². The molecule has 0 saturated carbocycles. The Morgan fingerprint density at radius 1 is 1.47 bits per heavy atom. The third kappa shape index (κ3) is 3.80. The molecule has 0 bridgehead atoms. The predicted molar refractivity (Wildman–Crippen MR) is 56.7 cm³/mol. The second kappa shape index (κ2) is 5.25. The first kappa shape index (κ1) is 13.6. The van der Waals surface area contributed by atoms with E-state index in [1.807, 2.05) is 0 Å². The maximum atomic E-state index is 12.0. The number of benzene rings is 1. The molecule has 92 valence electrons. The molecule has 0 radical (unpaired) electrons. The second-order valence-corrected chi connectivity index (χ2v) is 3.68. The molecule has 0 heterocycles. The van der Waals surface area contributed by atoms with E-state index in [-0.39, 0.29) is 16.3 Å². The number of nitrogens with one attached hydrogen (secondary N) is 1. The molecule has 0 fully saturated rings. The number of rotatable bonds is 3. The third-order valence-electron chi connectivity index (χ3n) is 1.97. The molecule has 0 aliphatic carbocycles. The fraction of sp³-hybridized carbons (Fsp3) is 0.300. The van der Waals surface area contributed by atoms with Crippen molar-refractivity contribution in [1.82, 2.24) is 0 Å². The molecule has 1 rings (SSSR count). The van der Waals surface area contributed by atoms with Crippen LogP contribution in [0.3, 0.4) is 0 Å². The molecule has 0 amide bonds. The van der Waals surface area contributed by atoms with Gasteiger partial charge in [0.2, 0.25) is 0 Å². The normalized spacial score (nSPS) is 12.9. The van der Waals surface area contributed by atoms with E-state index in [9.17, 15) is 13.2 Å². The Kier molecular flexibility index (Phi) is 4.21. The van der Waals surface area contributed by atoms with E-state index in [1.54, 1.807) is 6.07 Å². The lowest BCUT2D eigenvalue weighted by atomic mass is 10.2. The number of aliphatic hydroxyl groups excluding tert-OH is 1. The Balaban J connectivity index is 2.76. The summed E-state index contributed by atoms with van der Waals surface area (Å²) in [5, 5.41) is 20.1. The lowest BCUT2D eigenvalue weighted by Gasteiger charge is -2.16. The first-order chi connectivity index (χ1) is 7.84. The first-order valence-corrected chi connectivity index (χ1v) is 4.90. The zero-order valence-corrected chi connectivity index (χ0v) is 9.18. The van der Waals surface area contributed by atoms with E-state index < -0.39 is 18.8 Å². The number of halogens is 4. The van der Waals surface area contributed by atoms with E-state index in [1.165, 1.54) is 18.2 Å². The average molecular weight is 265 g/mol. The van der Waals surface area contributed by atoms with Gasteiger partial charge in [0.05, 0.1) is 11.3 Å². The summed E-state index contributed by atoms with van der Waals surface area (Å²) in [5.41, 5.74) is 0.312. The van der Waals surface area contributed by atoms with Crippen molar-refractivity contribution < 1.29 is 18.3 Å². The van der Waals surface area contributed by atoms with Gasteiger partial charge in [0, 0.05) is 11.6 Å². The van der Waals surface area contributed by atoms with E-state index in [0.29, 0.717) is 0 Å². The minimum absolute atomic E-state index is 0.156. The number of nitriles is 1. The van der Waals surface area contributed by atoms with Gasteiger partial charge in [0.1, 0.15) is 6.07 Å². The number of anilines is 1. The molecule has 0 spiro atoms.